The smallest absolute Gasteiger partial charge is 0.202 e. The summed E-state index contributed by atoms with van der Waals surface area (Å²) in [5.41, 5.74) is 2.16. The number of Topliss-reactive ketones (excluding diaryl/α,β-unsaturated/α-hetero) is 1. The van der Waals surface area contributed by atoms with Crippen molar-refractivity contribution in [2.45, 2.75) is 26.3 Å². The Bertz CT molecular complexity index is 966. The van der Waals surface area contributed by atoms with Crippen LogP contribution in [0.2, 0.25) is 10.0 Å². The predicted molar refractivity (Wildman–Crippen MR) is 103 cm³/mol. The number of carbonyl (C=O) groups excluding carboxylic acids is 1. The van der Waals surface area contributed by atoms with Crippen LogP contribution in [0.4, 0.5) is 0 Å². The highest BCUT2D eigenvalue weighted by atomic mass is 35.5. The maximum absolute atomic E-state index is 12.6. The van der Waals surface area contributed by atoms with Crippen molar-refractivity contribution in [1.82, 2.24) is 4.57 Å². The highest BCUT2D eigenvalue weighted by Crippen LogP contribution is 2.30. The second-order valence-corrected chi connectivity index (χ2v) is 9.57. The fourth-order valence-electron chi connectivity index (χ4n) is 3.41. The van der Waals surface area contributed by atoms with Gasteiger partial charge in [0.25, 0.3) is 0 Å². The summed E-state index contributed by atoms with van der Waals surface area (Å²) in [4.78, 5) is 12.6. The normalized spacial score (nSPS) is 18.8. The number of sulfone groups is 1. The van der Waals surface area contributed by atoms with Crippen molar-refractivity contribution in [2.24, 2.45) is 0 Å². The van der Waals surface area contributed by atoms with E-state index < -0.39 is 9.84 Å². The topological polar surface area (TPSA) is 65.4 Å². The number of hydrogen-bond donors (Lipinski definition) is 0. The van der Waals surface area contributed by atoms with Crippen molar-refractivity contribution in [2.75, 3.05) is 18.1 Å². The Labute approximate surface area is 162 Å². The molecule has 3 rings (SSSR count). The van der Waals surface area contributed by atoms with E-state index in [-0.39, 0.29) is 29.9 Å². The van der Waals surface area contributed by atoms with Gasteiger partial charge in [0.15, 0.2) is 16.4 Å². The lowest BCUT2D eigenvalue weighted by Crippen LogP contribution is -2.16. The molecule has 26 heavy (non-hydrogen) atoms. The van der Waals surface area contributed by atoms with Gasteiger partial charge in [-0.05, 0) is 38.5 Å². The number of nitrogens with zero attached hydrogens (tertiary/aromatic N) is 1. The van der Waals surface area contributed by atoms with Gasteiger partial charge in [-0.25, -0.2) is 8.42 Å². The lowest BCUT2D eigenvalue weighted by molar-refractivity contribution is 0.0921. The lowest BCUT2D eigenvalue weighted by atomic mass is 10.1. The van der Waals surface area contributed by atoms with Crippen molar-refractivity contribution in [3.8, 4) is 5.75 Å². The maximum atomic E-state index is 12.6. The number of hydrogen-bond acceptors (Lipinski definition) is 4. The summed E-state index contributed by atoms with van der Waals surface area (Å²) in [6.45, 7) is 3.54. The van der Waals surface area contributed by atoms with E-state index in [0.29, 0.717) is 27.8 Å². The van der Waals surface area contributed by atoms with Crippen LogP contribution in [0.3, 0.4) is 0 Å². The molecule has 1 unspecified atom stereocenters. The molecule has 2 heterocycles. The van der Waals surface area contributed by atoms with Crippen LogP contribution in [-0.4, -0.2) is 36.9 Å². The Morgan fingerprint density at radius 2 is 2.00 bits per heavy atom. The molecule has 0 N–H and O–H groups in total. The molecular formula is C18H19Cl2NO4S. The first-order valence-electron chi connectivity index (χ1n) is 8.18. The molecule has 0 spiro atoms. The van der Waals surface area contributed by atoms with Crippen LogP contribution >= 0.6 is 23.2 Å². The average Bonchev–Trinajstić information content (AvgIpc) is 3.06. The van der Waals surface area contributed by atoms with Crippen molar-refractivity contribution < 1.29 is 17.9 Å². The van der Waals surface area contributed by atoms with Gasteiger partial charge in [-0.3, -0.25) is 4.79 Å². The maximum Gasteiger partial charge on any atom is 0.202 e. The molecule has 0 saturated carbocycles. The summed E-state index contributed by atoms with van der Waals surface area (Å²) in [6, 6.07) is 6.47. The van der Waals surface area contributed by atoms with Crippen LogP contribution in [0.1, 0.15) is 34.2 Å². The lowest BCUT2D eigenvalue weighted by Gasteiger charge is -2.16. The van der Waals surface area contributed by atoms with Crippen LogP contribution in [-0.2, 0) is 9.84 Å². The third-order valence-corrected chi connectivity index (χ3v) is 6.91. The highest BCUT2D eigenvalue weighted by Gasteiger charge is 2.31. The molecule has 0 amide bonds. The summed E-state index contributed by atoms with van der Waals surface area (Å²) in [7, 11) is -3.00. The standard InChI is InChI=1S/C18H19Cl2NO4S/c1-11-7-15(12(2)21(11)14-5-6-26(23,24)10-14)17(22)9-25-18-8-13(19)3-4-16(18)20/h3-4,7-8,14H,5-6,9-10H2,1-2H3. The van der Waals surface area contributed by atoms with E-state index in [1.165, 1.54) is 0 Å². The highest BCUT2D eigenvalue weighted by molar-refractivity contribution is 7.91. The van der Waals surface area contributed by atoms with E-state index in [2.05, 4.69) is 0 Å². The zero-order valence-electron chi connectivity index (χ0n) is 14.5. The third kappa shape index (κ3) is 3.92. The van der Waals surface area contributed by atoms with Gasteiger partial charge < -0.3 is 9.30 Å². The van der Waals surface area contributed by atoms with Gasteiger partial charge in [0.1, 0.15) is 5.75 Å². The van der Waals surface area contributed by atoms with Crippen molar-refractivity contribution in [3.63, 3.8) is 0 Å². The van der Waals surface area contributed by atoms with Gasteiger partial charge in [-0.2, -0.15) is 0 Å². The largest absolute Gasteiger partial charge is 0.484 e. The number of halogens is 2. The first kappa shape index (κ1) is 19.3. The fourth-order valence-corrected chi connectivity index (χ4v) is 5.44. The van der Waals surface area contributed by atoms with E-state index in [1.807, 2.05) is 18.4 Å². The molecule has 5 nitrogen and oxygen atoms in total. The summed E-state index contributed by atoms with van der Waals surface area (Å²) in [6.07, 6.45) is 0.570. The van der Waals surface area contributed by atoms with Crippen molar-refractivity contribution >= 4 is 38.8 Å². The van der Waals surface area contributed by atoms with Crippen LogP contribution in [0.5, 0.6) is 5.75 Å². The summed E-state index contributed by atoms with van der Waals surface area (Å²) < 4.78 is 31.0. The molecule has 1 atom stereocenters. The Balaban J connectivity index is 1.78. The molecule has 1 aliphatic rings. The molecule has 0 aliphatic carbocycles. The summed E-state index contributed by atoms with van der Waals surface area (Å²) in [5.74, 6) is 0.462. The second-order valence-electron chi connectivity index (χ2n) is 6.50. The minimum Gasteiger partial charge on any atom is -0.484 e. The quantitative estimate of drug-likeness (QED) is 0.691. The number of ketones is 1. The minimum atomic E-state index is -3.00. The molecule has 1 aromatic carbocycles. The Morgan fingerprint density at radius 1 is 1.27 bits per heavy atom. The van der Waals surface area contributed by atoms with Gasteiger partial charge in [0.05, 0.1) is 16.5 Å². The molecule has 1 saturated heterocycles. The van der Waals surface area contributed by atoms with E-state index in [9.17, 15) is 13.2 Å². The Morgan fingerprint density at radius 3 is 2.65 bits per heavy atom. The van der Waals surface area contributed by atoms with Gasteiger partial charge in [-0.1, -0.05) is 23.2 Å². The van der Waals surface area contributed by atoms with Crippen molar-refractivity contribution in [3.05, 3.63) is 51.3 Å². The van der Waals surface area contributed by atoms with Crippen molar-refractivity contribution in [1.29, 1.82) is 0 Å². The van der Waals surface area contributed by atoms with E-state index in [0.717, 1.165) is 11.4 Å². The van der Waals surface area contributed by atoms with Gasteiger partial charge in [0, 0.05) is 34.1 Å². The molecule has 8 heteroatoms. The first-order valence-corrected chi connectivity index (χ1v) is 10.8. The Kier molecular flexibility index (Phi) is 5.37. The van der Waals surface area contributed by atoms with E-state index in [1.54, 1.807) is 24.3 Å². The van der Waals surface area contributed by atoms with Crippen LogP contribution in [0.15, 0.2) is 24.3 Å². The molecule has 140 valence electrons. The predicted octanol–water partition coefficient (Wildman–Crippen LogP) is 4.03. The van der Waals surface area contributed by atoms with Crippen LogP contribution in [0, 0.1) is 13.8 Å². The molecule has 1 fully saturated rings. The monoisotopic (exact) mass is 415 g/mol. The number of carbonyl (C=O) groups is 1. The molecule has 0 bridgehead atoms. The fraction of sp³-hybridized carbons (Fsp3) is 0.389. The third-order valence-electron chi connectivity index (χ3n) is 4.61. The Hall–Kier alpha value is -1.50. The van der Waals surface area contributed by atoms with Gasteiger partial charge in [0.2, 0.25) is 5.78 Å². The second kappa shape index (κ2) is 7.25. The van der Waals surface area contributed by atoms with E-state index >= 15 is 0 Å². The summed E-state index contributed by atoms with van der Waals surface area (Å²) >= 11 is 12.0. The number of aromatic nitrogens is 1. The first-order chi connectivity index (χ1) is 12.2. The van der Waals surface area contributed by atoms with Crippen LogP contribution in [0.25, 0.3) is 0 Å². The molecule has 1 aliphatic heterocycles. The number of rotatable bonds is 5. The average molecular weight is 416 g/mol. The minimum absolute atomic E-state index is 0.117. The van der Waals surface area contributed by atoms with E-state index in [4.69, 9.17) is 27.9 Å². The molecular weight excluding hydrogens is 397 g/mol. The van der Waals surface area contributed by atoms with Crippen LogP contribution < -0.4 is 4.74 Å². The molecule has 0 radical (unpaired) electrons. The number of ether oxygens (including phenoxy) is 1. The summed E-state index contributed by atoms with van der Waals surface area (Å²) in [5, 5.41) is 0.848. The van der Waals surface area contributed by atoms with Gasteiger partial charge >= 0.3 is 0 Å². The zero-order chi connectivity index (χ0) is 19.1. The number of aryl methyl sites for hydroxylation is 1. The zero-order valence-corrected chi connectivity index (χ0v) is 16.8. The molecule has 1 aromatic heterocycles. The SMILES string of the molecule is Cc1cc(C(=O)COc2cc(Cl)ccc2Cl)c(C)n1C1CCS(=O)(=O)C1. The van der Waals surface area contributed by atoms with Gasteiger partial charge in [-0.15, -0.1) is 0 Å². The number of benzene rings is 1. The molecule has 2 aromatic rings.